The minimum Gasteiger partial charge on any atom is -0.478 e. The average molecular weight is 320 g/mol. The first-order valence-electron chi connectivity index (χ1n) is 7.49. The third-order valence-corrected chi connectivity index (χ3v) is 3.69. The number of carbonyl (C=O) groups is 2. The Morgan fingerprint density at radius 3 is 2.33 bits per heavy atom. The number of fused-ring (bicyclic) bond motifs is 1. The maximum absolute atomic E-state index is 12.2. The first-order valence-corrected chi connectivity index (χ1v) is 7.49. The van der Waals surface area contributed by atoms with Crippen molar-refractivity contribution in [1.82, 2.24) is 5.32 Å². The van der Waals surface area contributed by atoms with E-state index >= 15 is 0 Å². The molecule has 24 heavy (non-hydrogen) atoms. The van der Waals surface area contributed by atoms with Crippen molar-refractivity contribution in [1.29, 1.82) is 0 Å². The minimum absolute atomic E-state index is 0.0589. The average Bonchev–Trinajstić information content (AvgIpc) is 2.61. The van der Waals surface area contributed by atoms with Crippen molar-refractivity contribution < 1.29 is 14.7 Å². The number of aromatic carboxylic acids is 1. The van der Waals surface area contributed by atoms with Gasteiger partial charge in [-0.2, -0.15) is 0 Å². The number of hydrogen-bond donors (Lipinski definition) is 3. The number of urea groups is 1. The molecule has 5 heteroatoms. The molecule has 120 valence electrons. The summed E-state index contributed by atoms with van der Waals surface area (Å²) >= 11 is 0. The molecule has 0 saturated carbocycles. The molecular formula is C19H16N2O3. The first kappa shape index (κ1) is 15.6. The van der Waals surface area contributed by atoms with E-state index in [0.29, 0.717) is 17.6 Å². The number of carboxylic acids is 1. The summed E-state index contributed by atoms with van der Waals surface area (Å²) in [6.45, 7) is 0.361. The lowest BCUT2D eigenvalue weighted by atomic mass is 10.0. The molecule has 0 aliphatic heterocycles. The Morgan fingerprint density at radius 2 is 1.58 bits per heavy atom. The highest BCUT2D eigenvalue weighted by atomic mass is 16.4. The third-order valence-electron chi connectivity index (χ3n) is 3.69. The van der Waals surface area contributed by atoms with Crippen LogP contribution in [0.15, 0.2) is 66.7 Å². The zero-order valence-corrected chi connectivity index (χ0v) is 12.8. The van der Waals surface area contributed by atoms with Gasteiger partial charge in [0, 0.05) is 11.9 Å². The maximum atomic E-state index is 12.2. The van der Waals surface area contributed by atoms with Crippen LogP contribution in [0.4, 0.5) is 10.5 Å². The van der Waals surface area contributed by atoms with Crippen LogP contribution in [0, 0.1) is 0 Å². The zero-order chi connectivity index (χ0) is 16.9. The van der Waals surface area contributed by atoms with Gasteiger partial charge in [-0.15, -0.1) is 0 Å². The molecule has 0 unspecified atom stereocenters. The number of amides is 2. The number of hydrogen-bond acceptors (Lipinski definition) is 2. The van der Waals surface area contributed by atoms with Gasteiger partial charge in [-0.05, 0) is 17.0 Å². The number of benzene rings is 3. The summed E-state index contributed by atoms with van der Waals surface area (Å²) in [6, 6.07) is 19.6. The Hall–Kier alpha value is -3.34. The van der Waals surface area contributed by atoms with Gasteiger partial charge in [-0.25, -0.2) is 9.59 Å². The Kier molecular flexibility index (Phi) is 4.43. The largest absolute Gasteiger partial charge is 0.478 e. The summed E-state index contributed by atoms with van der Waals surface area (Å²) in [7, 11) is 0. The van der Waals surface area contributed by atoms with Crippen molar-refractivity contribution in [2.45, 2.75) is 6.54 Å². The van der Waals surface area contributed by atoms with Crippen LogP contribution in [0.5, 0.6) is 0 Å². The van der Waals surface area contributed by atoms with E-state index in [4.69, 9.17) is 0 Å². The molecule has 0 heterocycles. The molecule has 3 aromatic carbocycles. The molecule has 0 atom stereocenters. The summed E-state index contributed by atoms with van der Waals surface area (Å²) in [5.41, 5.74) is 1.32. The molecule has 5 nitrogen and oxygen atoms in total. The lowest BCUT2D eigenvalue weighted by Crippen LogP contribution is -2.29. The van der Waals surface area contributed by atoms with Crippen LogP contribution in [-0.2, 0) is 6.54 Å². The van der Waals surface area contributed by atoms with Crippen molar-refractivity contribution in [2.24, 2.45) is 0 Å². The van der Waals surface area contributed by atoms with E-state index < -0.39 is 12.0 Å². The van der Waals surface area contributed by atoms with Gasteiger partial charge in [0.05, 0.1) is 11.3 Å². The molecule has 0 aliphatic rings. The van der Waals surface area contributed by atoms with Crippen LogP contribution >= 0.6 is 0 Å². The second-order valence-corrected chi connectivity index (χ2v) is 5.31. The van der Waals surface area contributed by atoms with Crippen molar-refractivity contribution in [3.8, 4) is 0 Å². The maximum Gasteiger partial charge on any atom is 0.337 e. The molecule has 0 bridgehead atoms. The normalized spacial score (nSPS) is 10.3. The van der Waals surface area contributed by atoms with E-state index in [-0.39, 0.29) is 5.56 Å². The van der Waals surface area contributed by atoms with Gasteiger partial charge < -0.3 is 15.7 Å². The van der Waals surface area contributed by atoms with E-state index in [1.165, 1.54) is 6.07 Å². The second kappa shape index (κ2) is 6.83. The van der Waals surface area contributed by atoms with Gasteiger partial charge in [0.2, 0.25) is 0 Å². The highest BCUT2D eigenvalue weighted by Crippen LogP contribution is 2.27. The van der Waals surface area contributed by atoms with Crippen LogP contribution in [0.1, 0.15) is 15.9 Å². The monoisotopic (exact) mass is 320 g/mol. The molecular weight excluding hydrogens is 304 g/mol. The van der Waals surface area contributed by atoms with Crippen molar-refractivity contribution in [3.63, 3.8) is 0 Å². The topological polar surface area (TPSA) is 78.4 Å². The lowest BCUT2D eigenvalue weighted by Gasteiger charge is -2.13. The van der Waals surface area contributed by atoms with Gasteiger partial charge >= 0.3 is 12.0 Å². The van der Waals surface area contributed by atoms with Crippen LogP contribution in [0.25, 0.3) is 10.8 Å². The summed E-state index contributed by atoms with van der Waals surface area (Å²) in [6.07, 6.45) is 0. The molecule has 0 fully saturated rings. The molecule has 0 aliphatic carbocycles. The van der Waals surface area contributed by atoms with E-state index in [9.17, 15) is 14.7 Å². The van der Waals surface area contributed by atoms with Crippen LogP contribution in [0.3, 0.4) is 0 Å². The quantitative estimate of drug-likeness (QED) is 0.683. The van der Waals surface area contributed by atoms with Crippen LogP contribution < -0.4 is 10.6 Å². The van der Waals surface area contributed by atoms with Crippen LogP contribution in [-0.4, -0.2) is 17.1 Å². The second-order valence-electron chi connectivity index (χ2n) is 5.31. The van der Waals surface area contributed by atoms with Crippen molar-refractivity contribution in [3.05, 3.63) is 77.9 Å². The molecule has 0 aromatic heterocycles. The molecule has 3 N–H and O–H groups in total. The van der Waals surface area contributed by atoms with Crippen molar-refractivity contribution >= 4 is 28.5 Å². The fraction of sp³-hybridized carbons (Fsp3) is 0.0526. The number of anilines is 1. The predicted molar refractivity (Wildman–Crippen MR) is 93.2 cm³/mol. The summed E-state index contributed by atoms with van der Waals surface area (Å²) < 4.78 is 0. The number of carbonyl (C=O) groups excluding carboxylic acids is 1. The Balaban J connectivity index is 1.84. The van der Waals surface area contributed by atoms with E-state index in [1.54, 1.807) is 18.2 Å². The van der Waals surface area contributed by atoms with Gasteiger partial charge in [0.25, 0.3) is 0 Å². The Labute approximate surface area is 138 Å². The van der Waals surface area contributed by atoms with E-state index in [2.05, 4.69) is 10.6 Å². The first-order chi connectivity index (χ1) is 11.6. The molecule has 0 radical (unpaired) electrons. The van der Waals surface area contributed by atoms with Gasteiger partial charge in [0.15, 0.2) is 0 Å². The standard InChI is InChI=1S/C19H16N2O3/c22-18(23)16-11-10-14-8-4-5-9-15(14)17(16)21-19(24)20-12-13-6-2-1-3-7-13/h1-11H,12H2,(H,22,23)(H2,20,21,24). The zero-order valence-electron chi connectivity index (χ0n) is 12.8. The van der Waals surface area contributed by atoms with Crippen molar-refractivity contribution in [2.75, 3.05) is 5.32 Å². The SMILES string of the molecule is O=C(NCc1ccccc1)Nc1c(C(=O)O)ccc2ccccc12. The number of carboxylic acid groups (broad SMARTS) is 1. The molecule has 0 spiro atoms. The third kappa shape index (κ3) is 3.35. The fourth-order valence-corrected chi connectivity index (χ4v) is 2.52. The highest BCUT2D eigenvalue weighted by molar-refractivity contribution is 6.10. The summed E-state index contributed by atoms with van der Waals surface area (Å²) in [4.78, 5) is 23.6. The van der Waals surface area contributed by atoms with Gasteiger partial charge in [-0.1, -0.05) is 60.7 Å². The van der Waals surface area contributed by atoms with E-state index in [0.717, 1.165) is 10.9 Å². The summed E-state index contributed by atoms with van der Waals surface area (Å²) in [5, 5.41) is 16.3. The van der Waals surface area contributed by atoms with Crippen LogP contribution in [0.2, 0.25) is 0 Å². The summed E-state index contributed by atoms with van der Waals surface area (Å²) in [5.74, 6) is -1.08. The number of rotatable bonds is 4. The van der Waals surface area contributed by atoms with E-state index in [1.807, 2.05) is 42.5 Å². The number of nitrogens with one attached hydrogen (secondary N) is 2. The molecule has 3 rings (SSSR count). The Bertz CT molecular complexity index is 892. The fourth-order valence-electron chi connectivity index (χ4n) is 2.52. The minimum atomic E-state index is -1.08. The molecule has 2 amide bonds. The molecule has 0 saturated heterocycles. The Morgan fingerprint density at radius 1 is 0.875 bits per heavy atom. The lowest BCUT2D eigenvalue weighted by molar-refractivity contribution is 0.0698. The molecule has 3 aromatic rings. The van der Waals surface area contributed by atoms with Gasteiger partial charge in [0.1, 0.15) is 0 Å². The predicted octanol–water partition coefficient (Wildman–Crippen LogP) is 3.86. The smallest absolute Gasteiger partial charge is 0.337 e. The van der Waals surface area contributed by atoms with Gasteiger partial charge in [-0.3, -0.25) is 0 Å². The highest BCUT2D eigenvalue weighted by Gasteiger charge is 2.15.